The van der Waals surface area contributed by atoms with E-state index in [0.29, 0.717) is 0 Å². The topological polar surface area (TPSA) is 93.8 Å². The Morgan fingerprint density at radius 2 is 2.22 bits per heavy atom. The van der Waals surface area contributed by atoms with Crippen molar-refractivity contribution in [3.8, 4) is 11.3 Å². The predicted octanol–water partition coefficient (Wildman–Crippen LogP) is 1.63. The fraction of sp³-hybridized carbons (Fsp3) is 0.100. The van der Waals surface area contributed by atoms with Crippen molar-refractivity contribution in [1.29, 1.82) is 0 Å². The second-order valence-corrected chi connectivity index (χ2v) is 3.28. The van der Waals surface area contributed by atoms with Gasteiger partial charge in [-0.25, -0.2) is 14.4 Å². The molecule has 0 aliphatic heterocycles. The Labute approximate surface area is 101 Å². The van der Waals surface area contributed by atoms with E-state index in [-0.39, 0.29) is 22.8 Å². The van der Waals surface area contributed by atoms with E-state index in [2.05, 4.69) is 20.3 Å². The highest BCUT2D eigenvalue weighted by Gasteiger charge is 2.24. The summed E-state index contributed by atoms with van der Waals surface area (Å²) in [6.45, 7) is 0. The lowest BCUT2D eigenvalue weighted by molar-refractivity contribution is -0.383. The molecule has 0 atom stereocenters. The van der Waals surface area contributed by atoms with Crippen LogP contribution in [0.25, 0.3) is 11.3 Å². The van der Waals surface area contributed by atoms with Crippen LogP contribution in [-0.4, -0.2) is 26.9 Å². The van der Waals surface area contributed by atoms with E-state index in [0.717, 1.165) is 12.5 Å². The number of pyridine rings is 1. The van der Waals surface area contributed by atoms with Crippen LogP contribution in [0.1, 0.15) is 0 Å². The van der Waals surface area contributed by atoms with E-state index in [9.17, 15) is 14.5 Å². The van der Waals surface area contributed by atoms with Crippen LogP contribution >= 0.6 is 0 Å². The Morgan fingerprint density at radius 3 is 2.83 bits per heavy atom. The van der Waals surface area contributed by atoms with Gasteiger partial charge in [0.2, 0.25) is 5.82 Å². The average molecular weight is 249 g/mol. The van der Waals surface area contributed by atoms with Crippen molar-refractivity contribution in [2.45, 2.75) is 0 Å². The van der Waals surface area contributed by atoms with Gasteiger partial charge in [0, 0.05) is 18.8 Å². The first-order chi connectivity index (χ1) is 8.65. The maximum atomic E-state index is 13.6. The summed E-state index contributed by atoms with van der Waals surface area (Å²) in [6.07, 6.45) is 3.44. The molecule has 1 N–H and O–H groups in total. The van der Waals surface area contributed by atoms with E-state index in [4.69, 9.17) is 0 Å². The normalized spacial score (nSPS) is 10.1. The molecule has 0 saturated heterocycles. The summed E-state index contributed by atoms with van der Waals surface area (Å²) >= 11 is 0. The lowest BCUT2D eigenvalue weighted by Crippen LogP contribution is -2.03. The third-order valence-corrected chi connectivity index (χ3v) is 2.27. The number of aromatic nitrogens is 3. The summed E-state index contributed by atoms with van der Waals surface area (Å²) in [5.74, 6) is -0.650. The smallest absolute Gasteiger partial charge is 0.337 e. The van der Waals surface area contributed by atoms with Crippen molar-refractivity contribution in [2.24, 2.45) is 0 Å². The first kappa shape index (κ1) is 11.8. The van der Waals surface area contributed by atoms with Crippen LogP contribution in [0.3, 0.4) is 0 Å². The lowest BCUT2D eigenvalue weighted by atomic mass is 10.1. The van der Waals surface area contributed by atoms with E-state index in [1.807, 2.05) is 0 Å². The molecule has 18 heavy (non-hydrogen) atoms. The molecule has 92 valence electrons. The van der Waals surface area contributed by atoms with Crippen molar-refractivity contribution in [1.82, 2.24) is 15.0 Å². The minimum atomic E-state index is -0.679. The largest absolute Gasteiger partial charge is 0.367 e. The van der Waals surface area contributed by atoms with Crippen LogP contribution in [0, 0.1) is 15.9 Å². The van der Waals surface area contributed by atoms with Gasteiger partial charge in [0.15, 0.2) is 11.5 Å². The Balaban J connectivity index is 2.72. The number of hydrogen-bond donors (Lipinski definition) is 1. The molecular weight excluding hydrogens is 241 g/mol. The molecule has 0 aliphatic carbocycles. The Morgan fingerprint density at radius 1 is 1.44 bits per heavy atom. The summed E-state index contributed by atoms with van der Waals surface area (Å²) < 4.78 is 13.6. The van der Waals surface area contributed by atoms with Gasteiger partial charge in [-0.2, -0.15) is 0 Å². The summed E-state index contributed by atoms with van der Waals surface area (Å²) in [5.41, 5.74) is -0.444. The molecule has 0 fully saturated rings. The van der Waals surface area contributed by atoms with E-state index in [1.165, 1.54) is 19.3 Å². The van der Waals surface area contributed by atoms with Crippen LogP contribution in [0.5, 0.6) is 0 Å². The molecule has 0 radical (unpaired) electrons. The van der Waals surface area contributed by atoms with Gasteiger partial charge >= 0.3 is 5.69 Å². The monoisotopic (exact) mass is 249 g/mol. The van der Waals surface area contributed by atoms with Crippen molar-refractivity contribution in [3.05, 3.63) is 40.7 Å². The van der Waals surface area contributed by atoms with Crippen molar-refractivity contribution >= 4 is 11.5 Å². The van der Waals surface area contributed by atoms with Gasteiger partial charge in [0.05, 0.1) is 11.1 Å². The van der Waals surface area contributed by atoms with E-state index in [1.54, 1.807) is 0 Å². The van der Waals surface area contributed by atoms with Crippen molar-refractivity contribution in [3.63, 3.8) is 0 Å². The molecule has 2 aromatic rings. The SMILES string of the molecule is CNc1ncnc(-c2ccncc2F)c1[N+](=O)[O-]. The third kappa shape index (κ3) is 1.95. The Hall–Kier alpha value is -2.64. The second kappa shape index (κ2) is 4.70. The van der Waals surface area contributed by atoms with Gasteiger partial charge in [0.1, 0.15) is 6.33 Å². The number of hydrogen-bond acceptors (Lipinski definition) is 6. The van der Waals surface area contributed by atoms with Crippen LogP contribution in [0.4, 0.5) is 15.9 Å². The van der Waals surface area contributed by atoms with Gasteiger partial charge in [-0.05, 0) is 6.07 Å². The van der Waals surface area contributed by atoms with E-state index < -0.39 is 10.7 Å². The van der Waals surface area contributed by atoms with Crippen LogP contribution in [0.2, 0.25) is 0 Å². The standard InChI is InChI=1S/C10H8FN5O2/c1-12-10-9(16(17)18)8(14-5-15-10)6-2-3-13-4-7(6)11/h2-5H,1H3,(H,12,14,15). The number of anilines is 1. The molecule has 2 aromatic heterocycles. The minimum absolute atomic E-state index is 0.00981. The number of halogens is 1. The van der Waals surface area contributed by atoms with Gasteiger partial charge in [-0.3, -0.25) is 15.1 Å². The molecule has 0 spiro atoms. The maximum Gasteiger partial charge on any atom is 0.337 e. The van der Waals surface area contributed by atoms with E-state index >= 15 is 0 Å². The van der Waals surface area contributed by atoms with Crippen LogP contribution in [0.15, 0.2) is 24.8 Å². The predicted molar refractivity (Wildman–Crippen MR) is 61.4 cm³/mol. The second-order valence-electron chi connectivity index (χ2n) is 3.28. The highest BCUT2D eigenvalue weighted by Crippen LogP contribution is 2.33. The molecule has 0 aliphatic rings. The maximum absolute atomic E-state index is 13.6. The first-order valence-corrected chi connectivity index (χ1v) is 4.92. The minimum Gasteiger partial charge on any atom is -0.367 e. The third-order valence-electron chi connectivity index (χ3n) is 2.27. The first-order valence-electron chi connectivity index (χ1n) is 4.92. The van der Waals surface area contributed by atoms with Gasteiger partial charge in [-0.1, -0.05) is 0 Å². The number of nitrogens with zero attached hydrogens (tertiary/aromatic N) is 4. The quantitative estimate of drug-likeness (QED) is 0.656. The lowest BCUT2D eigenvalue weighted by Gasteiger charge is -2.06. The zero-order chi connectivity index (χ0) is 13.1. The van der Waals surface area contributed by atoms with Crippen LogP contribution in [-0.2, 0) is 0 Å². The summed E-state index contributed by atoms with van der Waals surface area (Å²) in [6, 6.07) is 1.32. The fourth-order valence-electron chi connectivity index (χ4n) is 1.50. The van der Waals surface area contributed by atoms with Gasteiger partial charge < -0.3 is 5.32 Å². The molecule has 0 aromatic carbocycles. The summed E-state index contributed by atoms with van der Waals surface area (Å²) in [5, 5.41) is 13.6. The summed E-state index contributed by atoms with van der Waals surface area (Å²) in [4.78, 5) is 21.5. The highest BCUT2D eigenvalue weighted by atomic mass is 19.1. The molecule has 0 amide bonds. The molecule has 0 unspecified atom stereocenters. The van der Waals surface area contributed by atoms with Crippen molar-refractivity contribution in [2.75, 3.05) is 12.4 Å². The Kier molecular flexibility index (Phi) is 3.09. The average Bonchev–Trinajstić information content (AvgIpc) is 2.38. The fourth-order valence-corrected chi connectivity index (χ4v) is 1.50. The molecule has 8 heteroatoms. The summed E-state index contributed by atoms with van der Waals surface area (Å²) in [7, 11) is 1.49. The van der Waals surface area contributed by atoms with Crippen LogP contribution < -0.4 is 5.32 Å². The highest BCUT2D eigenvalue weighted by molar-refractivity contribution is 5.76. The molecule has 0 saturated carbocycles. The number of nitrogens with one attached hydrogen (secondary N) is 1. The molecule has 7 nitrogen and oxygen atoms in total. The molecule has 2 heterocycles. The van der Waals surface area contributed by atoms with Gasteiger partial charge in [0.25, 0.3) is 0 Å². The molecule has 0 bridgehead atoms. The molecular formula is C10H8FN5O2. The Bertz CT molecular complexity index is 605. The van der Waals surface area contributed by atoms with Gasteiger partial charge in [-0.15, -0.1) is 0 Å². The zero-order valence-electron chi connectivity index (χ0n) is 9.29. The molecule has 2 rings (SSSR count). The zero-order valence-corrected chi connectivity index (χ0v) is 9.29. The number of rotatable bonds is 3. The number of nitro groups is 1. The van der Waals surface area contributed by atoms with Crippen molar-refractivity contribution < 1.29 is 9.31 Å².